The quantitative estimate of drug-likeness (QED) is 0.547. The number of carbonyl (C=O) groups excluding carboxylic acids is 1. The Bertz CT molecular complexity index is 940. The lowest BCUT2D eigenvalue weighted by molar-refractivity contribution is -0.113. The van der Waals surface area contributed by atoms with E-state index in [-0.39, 0.29) is 5.91 Å². The molecule has 1 fully saturated rings. The van der Waals surface area contributed by atoms with Gasteiger partial charge in [-0.25, -0.2) is 9.88 Å². The number of carbonyl (C=O) groups is 1. The Labute approximate surface area is 166 Å². The molecule has 0 bridgehead atoms. The monoisotopic (exact) mass is 397 g/mol. The zero-order chi connectivity index (χ0) is 18.1. The van der Waals surface area contributed by atoms with E-state index in [9.17, 15) is 4.79 Å². The van der Waals surface area contributed by atoms with Gasteiger partial charge in [-0.15, -0.1) is 0 Å². The number of nitrogens with zero attached hydrogens (tertiary/aromatic N) is 3. The zero-order valence-electron chi connectivity index (χ0n) is 14.0. The molecule has 0 N–H and O–H groups in total. The largest absolute Gasteiger partial charge is 0.335 e. The highest BCUT2D eigenvalue weighted by Gasteiger charge is 2.34. The van der Waals surface area contributed by atoms with Gasteiger partial charge in [0.25, 0.3) is 5.91 Å². The van der Waals surface area contributed by atoms with Gasteiger partial charge in [-0.3, -0.25) is 4.79 Å². The number of thioether (sulfide) groups is 2. The van der Waals surface area contributed by atoms with Crippen molar-refractivity contribution in [3.63, 3.8) is 0 Å². The van der Waals surface area contributed by atoms with Crippen LogP contribution in [0, 0.1) is 0 Å². The van der Waals surface area contributed by atoms with Gasteiger partial charge in [-0.1, -0.05) is 53.9 Å². The van der Waals surface area contributed by atoms with E-state index in [2.05, 4.69) is 28.9 Å². The summed E-state index contributed by atoms with van der Waals surface area (Å²) in [5, 5.41) is 1.11. The van der Waals surface area contributed by atoms with Gasteiger partial charge >= 0.3 is 0 Å². The first-order valence-corrected chi connectivity index (χ1v) is 10.2. The molecule has 0 spiro atoms. The van der Waals surface area contributed by atoms with E-state index in [1.54, 1.807) is 24.0 Å². The molecule has 130 valence electrons. The summed E-state index contributed by atoms with van der Waals surface area (Å²) >= 11 is 8.40. The molecule has 0 radical (unpaired) electrons. The molecule has 4 rings (SSSR count). The first-order chi connectivity index (χ1) is 12.7. The minimum Gasteiger partial charge on any atom is -0.335 e. The highest BCUT2D eigenvalue weighted by molar-refractivity contribution is 8.27. The van der Waals surface area contributed by atoms with Crippen molar-refractivity contribution in [1.82, 2.24) is 4.98 Å². The second-order valence-corrected chi connectivity index (χ2v) is 8.28. The molecular weight excluding hydrogens is 382 g/mol. The van der Waals surface area contributed by atoms with Gasteiger partial charge in [-0.2, -0.15) is 0 Å². The smallest absolute Gasteiger partial charge is 0.271 e. The lowest BCUT2D eigenvalue weighted by Gasteiger charge is -2.17. The van der Waals surface area contributed by atoms with Crippen LogP contribution in [0.15, 0.2) is 75.6 Å². The van der Waals surface area contributed by atoms with Crippen molar-refractivity contribution in [3.05, 3.63) is 70.7 Å². The molecule has 0 unspecified atom stereocenters. The van der Waals surface area contributed by atoms with Crippen LogP contribution >= 0.6 is 35.7 Å². The molecule has 1 aromatic carbocycles. The third kappa shape index (κ3) is 3.06. The maximum Gasteiger partial charge on any atom is 0.271 e. The first kappa shape index (κ1) is 17.3. The van der Waals surface area contributed by atoms with Gasteiger partial charge in [-0.05, 0) is 43.3 Å². The summed E-state index contributed by atoms with van der Waals surface area (Å²) in [6, 6.07) is 13.8. The Morgan fingerprint density at radius 1 is 1.12 bits per heavy atom. The summed E-state index contributed by atoms with van der Waals surface area (Å²) in [5.41, 5.74) is 1.21. The number of rotatable bonds is 3. The van der Waals surface area contributed by atoms with E-state index in [0.29, 0.717) is 15.0 Å². The molecule has 0 saturated carbocycles. The summed E-state index contributed by atoms with van der Waals surface area (Å²) in [5.74, 6) is 0.433. The van der Waals surface area contributed by atoms with Gasteiger partial charge < -0.3 is 4.90 Å². The van der Waals surface area contributed by atoms with E-state index >= 15 is 0 Å². The molecule has 2 aliphatic heterocycles. The van der Waals surface area contributed by atoms with Crippen molar-refractivity contribution in [1.29, 1.82) is 0 Å². The summed E-state index contributed by atoms with van der Waals surface area (Å²) in [6.45, 7) is 3.00. The van der Waals surface area contributed by atoms with Crippen LogP contribution in [-0.2, 0) is 4.79 Å². The highest BCUT2D eigenvalue weighted by Crippen LogP contribution is 2.45. The fraction of sp³-hybridized carbons (Fsp3) is 0.105. The Hall–Kier alpha value is -2.09. The van der Waals surface area contributed by atoms with E-state index in [4.69, 9.17) is 12.2 Å². The number of benzene rings is 1. The number of thiocarbonyl (C=S) groups is 1. The standard InChI is InChI=1S/C19H15N3OS3/c1-2-21-13-7-3-4-8-14(13)25-17(21)11-10-15-18(23)22(19(24)26-15)16-9-5-6-12-20-16/h3-12H,2H2,1H3/b15-10-,17-11+. The van der Waals surface area contributed by atoms with E-state index in [0.717, 1.165) is 11.6 Å². The number of anilines is 2. The molecule has 1 aromatic heterocycles. The Morgan fingerprint density at radius 3 is 2.69 bits per heavy atom. The summed E-state index contributed by atoms with van der Waals surface area (Å²) in [6.07, 6.45) is 5.52. The van der Waals surface area contributed by atoms with Crippen LogP contribution in [0.1, 0.15) is 6.92 Å². The molecule has 0 atom stereocenters. The predicted molar refractivity (Wildman–Crippen MR) is 113 cm³/mol. The minimum absolute atomic E-state index is 0.126. The molecule has 1 amide bonds. The molecule has 1 saturated heterocycles. The number of para-hydroxylation sites is 1. The normalized spacial score (nSPS) is 19.7. The third-order valence-corrected chi connectivity index (χ3v) is 6.45. The second-order valence-electron chi connectivity index (χ2n) is 5.55. The molecule has 4 nitrogen and oxygen atoms in total. The number of pyridine rings is 1. The van der Waals surface area contributed by atoms with Crippen LogP contribution in [0.25, 0.3) is 0 Å². The number of hydrogen-bond acceptors (Lipinski definition) is 6. The lowest BCUT2D eigenvalue weighted by atomic mass is 10.3. The first-order valence-electron chi connectivity index (χ1n) is 8.12. The molecule has 2 aliphatic rings. The van der Waals surface area contributed by atoms with E-state index in [1.807, 2.05) is 36.4 Å². The second kappa shape index (κ2) is 7.26. The number of aromatic nitrogens is 1. The summed E-state index contributed by atoms with van der Waals surface area (Å²) in [7, 11) is 0. The third-order valence-electron chi connectivity index (χ3n) is 4.00. The van der Waals surface area contributed by atoms with Crippen molar-refractivity contribution < 1.29 is 4.79 Å². The Kier molecular flexibility index (Phi) is 4.84. The fourth-order valence-electron chi connectivity index (χ4n) is 2.82. The van der Waals surface area contributed by atoms with Gasteiger partial charge in [0, 0.05) is 17.6 Å². The maximum absolute atomic E-state index is 12.8. The number of allylic oxidation sites excluding steroid dienone is 2. The zero-order valence-corrected chi connectivity index (χ0v) is 16.4. The summed E-state index contributed by atoms with van der Waals surface area (Å²) < 4.78 is 0.507. The van der Waals surface area contributed by atoms with Crippen LogP contribution in [0.4, 0.5) is 11.5 Å². The molecule has 7 heteroatoms. The molecule has 26 heavy (non-hydrogen) atoms. The molecular formula is C19H15N3OS3. The van der Waals surface area contributed by atoms with Gasteiger partial charge in [0.15, 0.2) is 4.32 Å². The molecule has 2 aromatic rings. The average Bonchev–Trinajstić information content (AvgIpc) is 3.16. The van der Waals surface area contributed by atoms with Crippen LogP contribution in [0.2, 0.25) is 0 Å². The summed E-state index contributed by atoms with van der Waals surface area (Å²) in [4.78, 5) is 22.6. The van der Waals surface area contributed by atoms with Crippen molar-refractivity contribution in [3.8, 4) is 0 Å². The Morgan fingerprint density at radius 2 is 1.92 bits per heavy atom. The SMILES string of the molecule is CCN1/C(=C\C=C2/SC(=S)N(c3ccccn3)C2=O)Sc2ccccc21. The predicted octanol–water partition coefficient (Wildman–Crippen LogP) is 4.80. The number of fused-ring (bicyclic) bond motifs is 1. The Balaban J connectivity index is 1.61. The van der Waals surface area contributed by atoms with Crippen molar-refractivity contribution in [2.45, 2.75) is 11.8 Å². The average molecular weight is 398 g/mol. The fourth-order valence-corrected chi connectivity index (χ4v) is 5.16. The lowest BCUT2D eigenvalue weighted by Crippen LogP contribution is -2.28. The van der Waals surface area contributed by atoms with E-state index < -0.39 is 0 Å². The number of hydrogen-bond donors (Lipinski definition) is 0. The van der Waals surface area contributed by atoms with Crippen LogP contribution in [-0.4, -0.2) is 21.8 Å². The van der Waals surface area contributed by atoms with Crippen molar-refractivity contribution in [2.75, 3.05) is 16.3 Å². The highest BCUT2D eigenvalue weighted by atomic mass is 32.2. The van der Waals surface area contributed by atoms with Gasteiger partial charge in [0.2, 0.25) is 0 Å². The topological polar surface area (TPSA) is 36.4 Å². The molecule has 3 heterocycles. The van der Waals surface area contributed by atoms with Crippen molar-refractivity contribution in [2.24, 2.45) is 0 Å². The van der Waals surface area contributed by atoms with Crippen molar-refractivity contribution >= 4 is 57.5 Å². The van der Waals surface area contributed by atoms with Crippen LogP contribution in [0.5, 0.6) is 0 Å². The molecule has 0 aliphatic carbocycles. The minimum atomic E-state index is -0.126. The number of amides is 1. The van der Waals surface area contributed by atoms with E-state index in [1.165, 1.54) is 27.2 Å². The van der Waals surface area contributed by atoms with Crippen LogP contribution < -0.4 is 9.80 Å². The van der Waals surface area contributed by atoms with Crippen LogP contribution in [0.3, 0.4) is 0 Å². The van der Waals surface area contributed by atoms with Gasteiger partial charge in [0.05, 0.1) is 15.6 Å². The maximum atomic E-state index is 12.8. The van der Waals surface area contributed by atoms with Gasteiger partial charge in [0.1, 0.15) is 5.82 Å².